The van der Waals surface area contributed by atoms with Gasteiger partial charge in [-0.15, -0.1) is 0 Å². The summed E-state index contributed by atoms with van der Waals surface area (Å²) in [5.41, 5.74) is 0.980. The summed E-state index contributed by atoms with van der Waals surface area (Å²) in [6.07, 6.45) is 0. The third kappa shape index (κ3) is 3.43. The van der Waals surface area contributed by atoms with Gasteiger partial charge in [-0.05, 0) is 13.8 Å². The molecule has 0 radical (unpaired) electrons. The molecule has 0 saturated carbocycles. The van der Waals surface area contributed by atoms with Crippen LogP contribution in [0.1, 0.15) is 13.8 Å². The fourth-order valence-corrected chi connectivity index (χ4v) is 1.74. The molecule has 2 amide bonds. The highest BCUT2D eigenvalue weighted by molar-refractivity contribution is 5.92. The number of carbonyl (C=O) groups excluding carboxylic acids is 1. The van der Waals surface area contributed by atoms with E-state index in [1.54, 1.807) is 18.0 Å². The lowest BCUT2D eigenvalue weighted by Gasteiger charge is -2.20. The number of methoxy groups -OCH3 is 1. The summed E-state index contributed by atoms with van der Waals surface area (Å²) in [4.78, 5) is 13.6. The van der Waals surface area contributed by atoms with Crippen molar-refractivity contribution in [2.24, 2.45) is 0 Å². The van der Waals surface area contributed by atoms with Crippen molar-refractivity contribution >= 4 is 17.4 Å². The van der Waals surface area contributed by atoms with E-state index in [1.165, 1.54) is 13.2 Å². The zero-order valence-electron chi connectivity index (χ0n) is 11.8. The standard InChI is InChI=1S/C13H21N3O3/c1-5-16(6-2)13(18)15-9-8-12(19-4)10(14-3)7-11(9)17/h7-8,14,17H,5-6H2,1-4H3,(H,15,18). The van der Waals surface area contributed by atoms with Gasteiger partial charge in [0.15, 0.2) is 0 Å². The summed E-state index contributed by atoms with van der Waals surface area (Å²) in [6, 6.07) is 2.85. The lowest BCUT2D eigenvalue weighted by molar-refractivity contribution is 0.217. The largest absolute Gasteiger partial charge is 0.506 e. The Labute approximate surface area is 113 Å². The Balaban J connectivity index is 2.98. The number of ether oxygens (including phenoxy) is 1. The van der Waals surface area contributed by atoms with E-state index >= 15 is 0 Å². The lowest BCUT2D eigenvalue weighted by atomic mass is 10.2. The van der Waals surface area contributed by atoms with Crippen LogP contribution in [0.2, 0.25) is 0 Å². The molecule has 1 aromatic carbocycles. The third-order valence-electron chi connectivity index (χ3n) is 2.88. The summed E-state index contributed by atoms with van der Waals surface area (Å²) >= 11 is 0. The Bertz CT molecular complexity index is 445. The highest BCUT2D eigenvalue weighted by atomic mass is 16.5. The predicted molar refractivity (Wildman–Crippen MR) is 76.1 cm³/mol. The predicted octanol–water partition coefficient (Wildman–Crippen LogP) is 2.32. The second-order valence-corrected chi connectivity index (χ2v) is 3.92. The molecule has 1 rings (SSSR count). The number of phenolic OH excluding ortho intramolecular Hbond substituents is 1. The van der Waals surface area contributed by atoms with Crippen LogP contribution >= 0.6 is 0 Å². The molecule has 0 saturated heterocycles. The van der Waals surface area contributed by atoms with Gasteiger partial charge in [-0.2, -0.15) is 0 Å². The van der Waals surface area contributed by atoms with Crippen molar-refractivity contribution in [3.05, 3.63) is 12.1 Å². The fourth-order valence-electron chi connectivity index (χ4n) is 1.74. The Kier molecular flexibility index (Phi) is 5.29. The zero-order chi connectivity index (χ0) is 14.4. The molecule has 106 valence electrons. The number of benzene rings is 1. The van der Waals surface area contributed by atoms with Gasteiger partial charge in [0.05, 0.1) is 18.5 Å². The van der Waals surface area contributed by atoms with E-state index < -0.39 is 0 Å². The quantitative estimate of drug-likeness (QED) is 0.716. The first-order valence-corrected chi connectivity index (χ1v) is 6.22. The molecule has 0 spiro atoms. The van der Waals surface area contributed by atoms with Crippen LogP contribution in [0.25, 0.3) is 0 Å². The number of phenols is 1. The van der Waals surface area contributed by atoms with Crippen LogP contribution in [0.4, 0.5) is 16.2 Å². The molecule has 0 aliphatic heterocycles. The second kappa shape index (κ2) is 6.72. The molecule has 6 heteroatoms. The maximum atomic E-state index is 11.9. The Morgan fingerprint density at radius 1 is 1.32 bits per heavy atom. The molecule has 0 aromatic heterocycles. The molecule has 6 nitrogen and oxygen atoms in total. The van der Waals surface area contributed by atoms with Gasteiger partial charge in [0.25, 0.3) is 0 Å². The van der Waals surface area contributed by atoms with E-state index in [-0.39, 0.29) is 11.8 Å². The summed E-state index contributed by atoms with van der Waals surface area (Å²) in [5.74, 6) is 0.542. The van der Waals surface area contributed by atoms with Crippen molar-refractivity contribution in [1.82, 2.24) is 4.90 Å². The summed E-state index contributed by atoms with van der Waals surface area (Å²) in [7, 11) is 3.26. The highest BCUT2D eigenvalue weighted by Crippen LogP contribution is 2.35. The van der Waals surface area contributed by atoms with E-state index in [9.17, 15) is 9.90 Å². The van der Waals surface area contributed by atoms with Crippen LogP contribution in [0, 0.1) is 0 Å². The van der Waals surface area contributed by atoms with Crippen LogP contribution in [0.3, 0.4) is 0 Å². The fraction of sp³-hybridized carbons (Fsp3) is 0.462. The number of nitrogens with zero attached hydrogens (tertiary/aromatic N) is 1. The topological polar surface area (TPSA) is 73.8 Å². The van der Waals surface area contributed by atoms with Crippen molar-refractivity contribution < 1.29 is 14.6 Å². The molecule has 0 unspecified atom stereocenters. The molecule has 0 aliphatic rings. The van der Waals surface area contributed by atoms with Gasteiger partial charge in [-0.3, -0.25) is 0 Å². The first-order chi connectivity index (χ1) is 9.07. The molecular formula is C13H21N3O3. The maximum absolute atomic E-state index is 11.9. The van der Waals surface area contributed by atoms with E-state index in [0.29, 0.717) is 30.2 Å². The average molecular weight is 267 g/mol. The second-order valence-electron chi connectivity index (χ2n) is 3.92. The van der Waals surface area contributed by atoms with Crippen LogP contribution in [0.15, 0.2) is 12.1 Å². The normalized spacial score (nSPS) is 9.89. The van der Waals surface area contributed by atoms with Crippen molar-refractivity contribution in [1.29, 1.82) is 0 Å². The molecule has 0 fully saturated rings. The van der Waals surface area contributed by atoms with Gasteiger partial charge < -0.3 is 25.4 Å². The monoisotopic (exact) mass is 267 g/mol. The summed E-state index contributed by atoms with van der Waals surface area (Å²) < 4.78 is 5.19. The number of nitrogens with one attached hydrogen (secondary N) is 2. The number of urea groups is 1. The minimum absolute atomic E-state index is 0.00865. The molecule has 0 heterocycles. The number of anilines is 2. The number of rotatable bonds is 5. The van der Waals surface area contributed by atoms with Gasteiger partial charge in [-0.25, -0.2) is 4.79 Å². The van der Waals surface area contributed by atoms with Crippen LogP contribution in [-0.4, -0.2) is 43.3 Å². The van der Waals surface area contributed by atoms with Crippen molar-refractivity contribution in [2.75, 3.05) is 37.9 Å². The Morgan fingerprint density at radius 2 is 1.95 bits per heavy atom. The smallest absolute Gasteiger partial charge is 0.321 e. The number of carbonyl (C=O) groups is 1. The van der Waals surface area contributed by atoms with Gasteiger partial charge in [0.1, 0.15) is 11.5 Å². The van der Waals surface area contributed by atoms with Crippen molar-refractivity contribution in [2.45, 2.75) is 13.8 Å². The number of hydrogen-bond donors (Lipinski definition) is 3. The number of aromatic hydroxyl groups is 1. The van der Waals surface area contributed by atoms with Crippen LogP contribution < -0.4 is 15.4 Å². The van der Waals surface area contributed by atoms with Crippen molar-refractivity contribution in [3.8, 4) is 11.5 Å². The SMILES string of the molecule is CCN(CC)C(=O)Nc1cc(OC)c(NC)cc1O. The minimum Gasteiger partial charge on any atom is -0.506 e. The summed E-state index contributed by atoms with van der Waals surface area (Å²) in [6.45, 7) is 5.00. The van der Waals surface area contributed by atoms with Gasteiger partial charge in [0.2, 0.25) is 0 Å². The van der Waals surface area contributed by atoms with E-state index in [2.05, 4.69) is 10.6 Å². The molecule has 0 bridgehead atoms. The molecule has 1 aromatic rings. The molecular weight excluding hydrogens is 246 g/mol. The number of amides is 2. The number of hydrogen-bond acceptors (Lipinski definition) is 4. The van der Waals surface area contributed by atoms with Crippen molar-refractivity contribution in [3.63, 3.8) is 0 Å². The van der Waals surface area contributed by atoms with Gasteiger partial charge in [-0.1, -0.05) is 0 Å². The van der Waals surface area contributed by atoms with E-state index in [0.717, 1.165) is 0 Å². The van der Waals surface area contributed by atoms with Gasteiger partial charge in [0, 0.05) is 32.3 Å². The van der Waals surface area contributed by atoms with E-state index in [4.69, 9.17) is 4.74 Å². The minimum atomic E-state index is -0.250. The van der Waals surface area contributed by atoms with E-state index in [1.807, 2.05) is 13.8 Å². The Morgan fingerprint density at radius 3 is 2.42 bits per heavy atom. The zero-order valence-corrected chi connectivity index (χ0v) is 11.8. The first-order valence-electron chi connectivity index (χ1n) is 6.22. The molecule has 3 N–H and O–H groups in total. The molecule has 19 heavy (non-hydrogen) atoms. The highest BCUT2D eigenvalue weighted by Gasteiger charge is 2.14. The Hall–Kier alpha value is -2.11. The summed E-state index contributed by atoms with van der Waals surface area (Å²) in [5, 5.41) is 15.5. The molecule has 0 aliphatic carbocycles. The average Bonchev–Trinajstić information content (AvgIpc) is 2.41. The third-order valence-corrected chi connectivity index (χ3v) is 2.88. The molecule has 0 atom stereocenters. The lowest BCUT2D eigenvalue weighted by Crippen LogP contribution is -2.34. The van der Waals surface area contributed by atoms with Crippen LogP contribution in [0.5, 0.6) is 11.5 Å². The van der Waals surface area contributed by atoms with Gasteiger partial charge >= 0.3 is 6.03 Å². The first kappa shape index (κ1) is 14.9. The van der Waals surface area contributed by atoms with Crippen LogP contribution in [-0.2, 0) is 0 Å². The maximum Gasteiger partial charge on any atom is 0.321 e.